The predicted molar refractivity (Wildman–Crippen MR) is 76.8 cm³/mol. The minimum absolute atomic E-state index is 0.157. The standard InChI is InChI=1S/C12H17BrN2OS/c1-8(2)5-6-17-11-7-9(13)3-4-10(11)12(14)15-16/h3-4,7-8,16H,5-6H2,1-2H3,(H2,14,15). The lowest BCUT2D eigenvalue weighted by Gasteiger charge is -2.09. The first-order chi connectivity index (χ1) is 8.04. The number of rotatable bonds is 5. The van der Waals surface area contributed by atoms with E-state index in [0.29, 0.717) is 5.92 Å². The van der Waals surface area contributed by atoms with Gasteiger partial charge in [-0.05, 0) is 36.3 Å². The van der Waals surface area contributed by atoms with Crippen LogP contribution in [0.5, 0.6) is 0 Å². The maximum absolute atomic E-state index is 8.74. The molecule has 3 nitrogen and oxygen atoms in total. The van der Waals surface area contributed by atoms with E-state index >= 15 is 0 Å². The summed E-state index contributed by atoms with van der Waals surface area (Å²) in [5, 5.41) is 11.8. The minimum atomic E-state index is 0.157. The second kappa shape index (κ2) is 6.91. The van der Waals surface area contributed by atoms with Gasteiger partial charge in [-0.15, -0.1) is 11.8 Å². The molecule has 1 aromatic carbocycles. The van der Waals surface area contributed by atoms with Crippen LogP contribution in [0.4, 0.5) is 0 Å². The average Bonchev–Trinajstić information content (AvgIpc) is 2.28. The smallest absolute Gasteiger partial charge is 0.171 e. The Morgan fingerprint density at radius 3 is 2.82 bits per heavy atom. The number of nitrogens with zero attached hydrogens (tertiary/aromatic N) is 1. The van der Waals surface area contributed by atoms with Crippen molar-refractivity contribution in [3.8, 4) is 0 Å². The molecule has 0 fully saturated rings. The summed E-state index contributed by atoms with van der Waals surface area (Å²) in [5.74, 6) is 1.87. The van der Waals surface area contributed by atoms with E-state index in [1.807, 2.05) is 18.2 Å². The van der Waals surface area contributed by atoms with Gasteiger partial charge in [0.05, 0.1) is 0 Å². The SMILES string of the molecule is CC(C)CCSc1cc(Br)ccc1/C(N)=N/O. The van der Waals surface area contributed by atoms with Crippen LogP contribution in [0.3, 0.4) is 0 Å². The minimum Gasteiger partial charge on any atom is -0.409 e. The molecule has 0 aliphatic carbocycles. The Kier molecular flexibility index (Phi) is 5.85. The molecule has 0 unspecified atom stereocenters. The summed E-state index contributed by atoms with van der Waals surface area (Å²) in [4.78, 5) is 1.04. The maximum Gasteiger partial charge on any atom is 0.171 e. The van der Waals surface area contributed by atoms with E-state index in [4.69, 9.17) is 10.9 Å². The van der Waals surface area contributed by atoms with Gasteiger partial charge in [0.25, 0.3) is 0 Å². The van der Waals surface area contributed by atoms with Crippen molar-refractivity contribution in [3.05, 3.63) is 28.2 Å². The molecule has 0 aromatic heterocycles. The van der Waals surface area contributed by atoms with Gasteiger partial charge >= 0.3 is 0 Å². The van der Waals surface area contributed by atoms with Crippen molar-refractivity contribution < 1.29 is 5.21 Å². The van der Waals surface area contributed by atoms with Crippen molar-refractivity contribution in [1.29, 1.82) is 0 Å². The summed E-state index contributed by atoms with van der Waals surface area (Å²) in [6.45, 7) is 4.40. The van der Waals surface area contributed by atoms with E-state index in [1.165, 1.54) is 0 Å². The van der Waals surface area contributed by atoms with Crippen LogP contribution in [0.15, 0.2) is 32.7 Å². The molecule has 17 heavy (non-hydrogen) atoms. The van der Waals surface area contributed by atoms with Crippen molar-refractivity contribution in [2.75, 3.05) is 5.75 Å². The molecule has 0 spiro atoms. The molecular weight excluding hydrogens is 300 g/mol. The van der Waals surface area contributed by atoms with Crippen LogP contribution in [-0.4, -0.2) is 16.8 Å². The molecule has 0 aliphatic heterocycles. The molecule has 0 bridgehead atoms. The zero-order chi connectivity index (χ0) is 12.8. The van der Waals surface area contributed by atoms with Crippen LogP contribution in [0, 0.1) is 5.92 Å². The molecular formula is C12H17BrN2OS. The molecule has 0 radical (unpaired) electrons. The lowest BCUT2D eigenvalue weighted by molar-refractivity contribution is 0.318. The fourth-order valence-electron chi connectivity index (χ4n) is 1.29. The third kappa shape index (κ3) is 4.60. The van der Waals surface area contributed by atoms with Crippen LogP contribution in [0.25, 0.3) is 0 Å². The summed E-state index contributed by atoms with van der Waals surface area (Å²) in [6, 6.07) is 5.75. The molecule has 0 heterocycles. The Labute approximate surface area is 115 Å². The highest BCUT2D eigenvalue weighted by Crippen LogP contribution is 2.27. The number of thioether (sulfide) groups is 1. The van der Waals surface area contributed by atoms with Gasteiger partial charge < -0.3 is 10.9 Å². The van der Waals surface area contributed by atoms with E-state index in [2.05, 4.69) is 34.9 Å². The predicted octanol–water partition coefficient (Wildman–Crippen LogP) is 3.68. The molecule has 0 atom stereocenters. The number of amidine groups is 1. The Morgan fingerprint density at radius 2 is 2.24 bits per heavy atom. The highest BCUT2D eigenvalue weighted by molar-refractivity contribution is 9.10. The van der Waals surface area contributed by atoms with Crippen molar-refractivity contribution in [1.82, 2.24) is 0 Å². The lowest BCUT2D eigenvalue weighted by atomic mass is 10.2. The first-order valence-electron chi connectivity index (χ1n) is 5.45. The first-order valence-corrected chi connectivity index (χ1v) is 7.22. The van der Waals surface area contributed by atoms with Crippen LogP contribution in [0.2, 0.25) is 0 Å². The average molecular weight is 317 g/mol. The molecule has 0 amide bonds. The largest absolute Gasteiger partial charge is 0.409 e. The third-order valence-electron chi connectivity index (χ3n) is 2.28. The quantitative estimate of drug-likeness (QED) is 0.286. The van der Waals surface area contributed by atoms with E-state index in [-0.39, 0.29) is 5.84 Å². The number of hydrogen-bond acceptors (Lipinski definition) is 3. The zero-order valence-corrected chi connectivity index (χ0v) is 12.4. The van der Waals surface area contributed by atoms with Crippen molar-refractivity contribution >= 4 is 33.5 Å². The maximum atomic E-state index is 8.74. The Balaban J connectivity index is 2.84. The van der Waals surface area contributed by atoms with Crippen LogP contribution in [-0.2, 0) is 0 Å². The summed E-state index contributed by atoms with van der Waals surface area (Å²) in [6.07, 6.45) is 1.15. The van der Waals surface area contributed by atoms with E-state index in [9.17, 15) is 0 Å². The monoisotopic (exact) mass is 316 g/mol. The molecule has 0 saturated carbocycles. The molecule has 3 N–H and O–H groups in total. The Morgan fingerprint density at radius 1 is 1.53 bits per heavy atom. The van der Waals surface area contributed by atoms with Gasteiger partial charge in [0.15, 0.2) is 5.84 Å². The molecule has 0 aliphatic rings. The number of benzene rings is 1. The van der Waals surface area contributed by atoms with Crippen molar-refractivity contribution in [2.24, 2.45) is 16.8 Å². The molecule has 94 valence electrons. The summed E-state index contributed by atoms with van der Waals surface area (Å²) in [7, 11) is 0. The number of hydrogen-bond donors (Lipinski definition) is 2. The number of nitrogens with two attached hydrogens (primary N) is 1. The van der Waals surface area contributed by atoms with Gasteiger partial charge in [-0.25, -0.2) is 0 Å². The van der Waals surface area contributed by atoms with Crippen LogP contribution in [0.1, 0.15) is 25.8 Å². The first kappa shape index (κ1) is 14.4. The summed E-state index contributed by atoms with van der Waals surface area (Å²) in [5.41, 5.74) is 6.43. The fourth-order valence-corrected chi connectivity index (χ4v) is 3.15. The van der Waals surface area contributed by atoms with Gasteiger partial charge in [0.2, 0.25) is 0 Å². The highest BCUT2D eigenvalue weighted by atomic mass is 79.9. The van der Waals surface area contributed by atoms with Crippen molar-refractivity contribution in [2.45, 2.75) is 25.2 Å². The fraction of sp³-hybridized carbons (Fsp3) is 0.417. The van der Waals surface area contributed by atoms with Gasteiger partial charge in [-0.2, -0.15) is 0 Å². The van der Waals surface area contributed by atoms with Gasteiger partial charge in [-0.1, -0.05) is 34.9 Å². The summed E-state index contributed by atoms with van der Waals surface area (Å²) >= 11 is 5.16. The number of oxime groups is 1. The topological polar surface area (TPSA) is 58.6 Å². The second-order valence-electron chi connectivity index (χ2n) is 4.16. The van der Waals surface area contributed by atoms with Crippen LogP contribution < -0.4 is 5.73 Å². The van der Waals surface area contributed by atoms with E-state index in [1.54, 1.807) is 11.8 Å². The van der Waals surface area contributed by atoms with Crippen LogP contribution >= 0.6 is 27.7 Å². The van der Waals surface area contributed by atoms with Gasteiger partial charge in [-0.3, -0.25) is 0 Å². The zero-order valence-electron chi connectivity index (χ0n) is 9.98. The van der Waals surface area contributed by atoms with E-state index < -0.39 is 0 Å². The van der Waals surface area contributed by atoms with Gasteiger partial charge in [0, 0.05) is 14.9 Å². The molecule has 5 heteroatoms. The van der Waals surface area contributed by atoms with E-state index in [0.717, 1.165) is 27.1 Å². The second-order valence-corrected chi connectivity index (χ2v) is 6.21. The number of halogens is 1. The molecule has 0 saturated heterocycles. The Hall–Kier alpha value is -0.680. The van der Waals surface area contributed by atoms with Crippen molar-refractivity contribution in [3.63, 3.8) is 0 Å². The highest BCUT2D eigenvalue weighted by Gasteiger charge is 2.08. The molecule has 1 rings (SSSR count). The summed E-state index contributed by atoms with van der Waals surface area (Å²) < 4.78 is 0.999. The normalized spacial score (nSPS) is 12.1. The Bertz CT molecular complexity index is 407. The lowest BCUT2D eigenvalue weighted by Crippen LogP contribution is -2.14. The third-order valence-corrected chi connectivity index (χ3v) is 3.86. The van der Waals surface area contributed by atoms with Gasteiger partial charge in [0.1, 0.15) is 0 Å². The molecule has 1 aromatic rings.